The van der Waals surface area contributed by atoms with Crippen molar-refractivity contribution in [2.45, 2.75) is 69.9 Å². The maximum absolute atomic E-state index is 14.1. The Morgan fingerprint density at radius 1 is 0.644 bits per heavy atom. The van der Waals surface area contributed by atoms with Gasteiger partial charge >= 0.3 is 0 Å². The van der Waals surface area contributed by atoms with E-state index >= 15 is 0 Å². The van der Waals surface area contributed by atoms with Gasteiger partial charge in [-0.25, -0.2) is 8.42 Å². The molecule has 8 heteroatoms. The summed E-state index contributed by atoms with van der Waals surface area (Å²) in [5, 5.41) is 0. The van der Waals surface area contributed by atoms with Crippen LogP contribution >= 0.6 is 0 Å². The second-order valence-electron chi connectivity index (χ2n) is 11.3. The fourth-order valence-corrected chi connectivity index (χ4v) is 7.13. The van der Waals surface area contributed by atoms with E-state index in [1.807, 2.05) is 128 Å². The Kier molecular flexibility index (Phi) is 12.3. The first-order valence-corrected chi connectivity index (χ1v) is 17.3. The molecule has 1 aliphatic heterocycles. The predicted octanol–water partition coefficient (Wildman–Crippen LogP) is 6.73. The van der Waals surface area contributed by atoms with Crippen LogP contribution in [0.4, 0.5) is 0 Å². The average Bonchev–Trinajstić information content (AvgIpc) is 3.40. The van der Waals surface area contributed by atoms with E-state index in [1.54, 1.807) is 0 Å². The van der Waals surface area contributed by atoms with Crippen LogP contribution in [-0.2, 0) is 54.5 Å². The first kappa shape index (κ1) is 33.0. The largest absolute Gasteiger partial charge is 0.374 e. The zero-order chi connectivity index (χ0) is 31.3. The van der Waals surface area contributed by atoms with E-state index in [0.717, 1.165) is 28.7 Å². The van der Waals surface area contributed by atoms with Crippen LogP contribution < -0.4 is 0 Å². The van der Waals surface area contributed by atoms with Gasteiger partial charge in [-0.15, -0.1) is 0 Å². The molecule has 0 aliphatic carbocycles. The van der Waals surface area contributed by atoms with E-state index in [9.17, 15) is 8.42 Å². The highest BCUT2D eigenvalue weighted by molar-refractivity contribution is 7.88. The lowest BCUT2D eigenvalue weighted by Crippen LogP contribution is -2.49. The van der Waals surface area contributed by atoms with Crippen LogP contribution in [0.15, 0.2) is 121 Å². The van der Waals surface area contributed by atoms with E-state index in [0.29, 0.717) is 26.2 Å². The second-order valence-corrected chi connectivity index (χ2v) is 13.2. The van der Waals surface area contributed by atoms with Gasteiger partial charge in [0.2, 0.25) is 10.0 Å². The van der Waals surface area contributed by atoms with E-state index < -0.39 is 34.6 Å². The van der Waals surface area contributed by atoms with Crippen molar-refractivity contribution in [1.82, 2.24) is 4.31 Å². The Hall–Kier alpha value is -3.37. The summed E-state index contributed by atoms with van der Waals surface area (Å²) in [5.74, 6) is -0.131. The van der Waals surface area contributed by atoms with Crippen molar-refractivity contribution >= 4 is 10.0 Å². The van der Waals surface area contributed by atoms with Crippen molar-refractivity contribution in [3.05, 3.63) is 144 Å². The summed E-state index contributed by atoms with van der Waals surface area (Å²) >= 11 is 0. The summed E-state index contributed by atoms with van der Waals surface area (Å²) in [6.45, 7) is 3.59. The van der Waals surface area contributed by atoms with Gasteiger partial charge in [0.1, 0.15) is 18.3 Å². The van der Waals surface area contributed by atoms with Gasteiger partial charge in [-0.2, -0.15) is 4.31 Å². The molecule has 0 radical (unpaired) electrons. The number of benzene rings is 4. The molecule has 0 unspecified atom stereocenters. The second kappa shape index (κ2) is 16.8. The van der Waals surface area contributed by atoms with Crippen LogP contribution in [0.25, 0.3) is 0 Å². The van der Waals surface area contributed by atoms with Crippen LogP contribution in [0.5, 0.6) is 0 Å². The SMILES string of the molecule is CCCCN([C@H]1O[C@H](COCc2ccccc2)[C@@H](OCc2ccccc2)[C@H]1OCc1ccccc1)S(=O)(=O)Cc1ccccc1. The number of ether oxygens (including phenoxy) is 4. The summed E-state index contributed by atoms with van der Waals surface area (Å²) in [4.78, 5) is 0. The molecule has 1 aliphatic rings. The molecule has 0 aromatic heterocycles. The molecule has 0 N–H and O–H groups in total. The zero-order valence-corrected chi connectivity index (χ0v) is 26.6. The lowest BCUT2D eigenvalue weighted by molar-refractivity contribution is -0.0965. The molecule has 4 atom stereocenters. The van der Waals surface area contributed by atoms with Crippen LogP contribution in [0, 0.1) is 0 Å². The van der Waals surface area contributed by atoms with Crippen LogP contribution in [-0.4, -0.2) is 50.4 Å². The Morgan fingerprint density at radius 2 is 1.11 bits per heavy atom. The minimum atomic E-state index is -3.79. The highest BCUT2D eigenvalue weighted by atomic mass is 32.2. The summed E-state index contributed by atoms with van der Waals surface area (Å²) in [6.07, 6.45) is -1.20. The lowest BCUT2D eigenvalue weighted by atomic mass is 10.1. The van der Waals surface area contributed by atoms with Crippen LogP contribution in [0.2, 0.25) is 0 Å². The van der Waals surface area contributed by atoms with Crippen molar-refractivity contribution in [2.24, 2.45) is 0 Å². The predicted molar refractivity (Wildman–Crippen MR) is 175 cm³/mol. The summed E-state index contributed by atoms with van der Waals surface area (Å²) < 4.78 is 55.7. The summed E-state index contributed by atoms with van der Waals surface area (Å²) in [7, 11) is -3.79. The van der Waals surface area contributed by atoms with Gasteiger partial charge in [0.25, 0.3) is 0 Å². The summed E-state index contributed by atoms with van der Waals surface area (Å²) in [6, 6.07) is 39.0. The number of sulfonamides is 1. The third-order valence-corrected chi connectivity index (χ3v) is 9.62. The number of rotatable bonds is 17. The molecule has 5 rings (SSSR count). The topological polar surface area (TPSA) is 74.3 Å². The van der Waals surface area contributed by atoms with E-state index in [4.69, 9.17) is 18.9 Å². The minimum Gasteiger partial charge on any atom is -0.374 e. The fraction of sp³-hybridized carbons (Fsp3) is 0.351. The summed E-state index contributed by atoms with van der Waals surface area (Å²) in [5.41, 5.74) is 3.75. The quantitative estimate of drug-likeness (QED) is 0.129. The van der Waals surface area contributed by atoms with Gasteiger partial charge in [0, 0.05) is 6.54 Å². The molecule has 0 amide bonds. The molecule has 0 saturated carbocycles. The Balaban J connectivity index is 1.45. The molecule has 4 aromatic carbocycles. The minimum absolute atomic E-state index is 0.131. The highest BCUT2D eigenvalue weighted by Crippen LogP contribution is 2.33. The maximum Gasteiger partial charge on any atom is 0.220 e. The Bertz CT molecular complexity index is 1510. The zero-order valence-electron chi connectivity index (χ0n) is 25.8. The third-order valence-electron chi connectivity index (χ3n) is 7.81. The first-order valence-electron chi connectivity index (χ1n) is 15.6. The average molecular weight is 630 g/mol. The van der Waals surface area contributed by atoms with Crippen molar-refractivity contribution in [3.8, 4) is 0 Å². The van der Waals surface area contributed by atoms with Gasteiger partial charge in [-0.05, 0) is 28.7 Å². The van der Waals surface area contributed by atoms with Gasteiger partial charge in [-0.3, -0.25) is 0 Å². The normalized spacial score (nSPS) is 20.0. The van der Waals surface area contributed by atoms with Crippen molar-refractivity contribution < 1.29 is 27.4 Å². The molecule has 7 nitrogen and oxygen atoms in total. The van der Waals surface area contributed by atoms with E-state index in [2.05, 4.69) is 0 Å². The third kappa shape index (κ3) is 9.56. The van der Waals surface area contributed by atoms with Gasteiger partial charge in [0.15, 0.2) is 6.23 Å². The standard InChI is InChI=1S/C37H43NO6S/c1-2-3-24-38(45(39,40)29-33-22-14-7-15-23-33)37-36(43-27-32-20-12-6-13-21-32)35(42-26-31-18-10-5-11-19-31)34(44-37)28-41-25-30-16-8-4-9-17-30/h4-23,34-37H,2-3,24-29H2,1H3/t34-,35-,36-,37+/m1/s1. The molecular formula is C37H43NO6S. The number of hydrogen-bond donors (Lipinski definition) is 0. The van der Waals surface area contributed by atoms with Crippen molar-refractivity contribution in [2.75, 3.05) is 13.2 Å². The number of nitrogens with zero attached hydrogens (tertiary/aromatic N) is 1. The van der Waals surface area contributed by atoms with Gasteiger partial charge in [0.05, 0.1) is 32.2 Å². The molecule has 0 spiro atoms. The molecule has 1 fully saturated rings. The van der Waals surface area contributed by atoms with Gasteiger partial charge in [-0.1, -0.05) is 135 Å². The lowest BCUT2D eigenvalue weighted by Gasteiger charge is -2.32. The Labute approximate surface area is 267 Å². The Morgan fingerprint density at radius 3 is 1.62 bits per heavy atom. The van der Waals surface area contributed by atoms with E-state index in [1.165, 1.54) is 4.31 Å². The monoisotopic (exact) mass is 629 g/mol. The number of hydrogen-bond acceptors (Lipinski definition) is 6. The molecule has 1 saturated heterocycles. The highest BCUT2D eigenvalue weighted by Gasteiger charge is 2.51. The molecule has 238 valence electrons. The van der Waals surface area contributed by atoms with E-state index in [-0.39, 0.29) is 19.0 Å². The number of unbranched alkanes of at least 4 members (excludes halogenated alkanes) is 1. The van der Waals surface area contributed by atoms with Crippen LogP contribution in [0.1, 0.15) is 42.0 Å². The first-order chi connectivity index (χ1) is 22.0. The van der Waals surface area contributed by atoms with Gasteiger partial charge < -0.3 is 18.9 Å². The van der Waals surface area contributed by atoms with Crippen molar-refractivity contribution in [3.63, 3.8) is 0 Å². The maximum atomic E-state index is 14.1. The molecular weight excluding hydrogens is 586 g/mol. The van der Waals surface area contributed by atoms with Crippen molar-refractivity contribution in [1.29, 1.82) is 0 Å². The smallest absolute Gasteiger partial charge is 0.220 e. The molecule has 0 bridgehead atoms. The molecule has 1 heterocycles. The molecule has 4 aromatic rings. The van der Waals surface area contributed by atoms with Crippen LogP contribution in [0.3, 0.4) is 0 Å². The fourth-order valence-electron chi connectivity index (χ4n) is 5.46. The molecule has 45 heavy (non-hydrogen) atoms.